The number of carboxylic acids is 1. The minimum absolute atomic E-state index is 0.471. The van der Waals surface area contributed by atoms with Crippen LogP contribution in [-0.2, 0) is 9.53 Å². The summed E-state index contributed by atoms with van der Waals surface area (Å²) in [4.78, 5) is 11.4. The van der Waals surface area contributed by atoms with Gasteiger partial charge in [-0.1, -0.05) is 30.3 Å². The van der Waals surface area contributed by atoms with Crippen LogP contribution in [0.4, 0.5) is 0 Å². The van der Waals surface area contributed by atoms with Gasteiger partial charge in [-0.15, -0.1) is 0 Å². The van der Waals surface area contributed by atoms with Crippen molar-refractivity contribution in [2.75, 3.05) is 7.11 Å². The Morgan fingerprint density at radius 1 is 1.33 bits per heavy atom. The Kier molecular flexibility index (Phi) is 3.24. The standard InChI is InChI=1S/C15H16O3/c1-15(14(16)17)9-12(8-13(10-15)18-2)11-6-4-3-5-7-11/h3-8,10H,9H2,1-2H3,(H,16,17). The van der Waals surface area contributed by atoms with E-state index in [9.17, 15) is 9.90 Å². The van der Waals surface area contributed by atoms with Crippen LogP contribution in [0.15, 0.2) is 48.2 Å². The number of ether oxygens (including phenoxy) is 1. The van der Waals surface area contributed by atoms with Crippen molar-refractivity contribution < 1.29 is 14.6 Å². The molecular weight excluding hydrogens is 228 g/mol. The van der Waals surface area contributed by atoms with Crippen LogP contribution < -0.4 is 0 Å². The Morgan fingerprint density at radius 3 is 2.56 bits per heavy atom. The number of rotatable bonds is 3. The zero-order chi connectivity index (χ0) is 13.2. The molecule has 0 aromatic heterocycles. The minimum atomic E-state index is -0.911. The van der Waals surface area contributed by atoms with Gasteiger partial charge in [0, 0.05) is 0 Å². The Balaban J connectivity index is 2.42. The fourth-order valence-corrected chi connectivity index (χ4v) is 2.12. The highest BCUT2D eigenvalue weighted by molar-refractivity contribution is 5.83. The van der Waals surface area contributed by atoms with Gasteiger partial charge in [-0.2, -0.15) is 0 Å². The predicted octanol–water partition coefficient (Wildman–Crippen LogP) is 3.09. The molecule has 94 valence electrons. The summed E-state index contributed by atoms with van der Waals surface area (Å²) in [5, 5.41) is 9.35. The van der Waals surface area contributed by atoms with Crippen molar-refractivity contribution in [2.24, 2.45) is 5.41 Å². The van der Waals surface area contributed by atoms with E-state index in [1.165, 1.54) is 0 Å². The van der Waals surface area contributed by atoms with Crippen LogP contribution >= 0.6 is 0 Å². The first kappa shape index (κ1) is 12.4. The maximum atomic E-state index is 11.4. The summed E-state index contributed by atoms with van der Waals surface area (Å²) < 4.78 is 5.21. The van der Waals surface area contributed by atoms with Crippen molar-refractivity contribution in [1.29, 1.82) is 0 Å². The first-order chi connectivity index (χ1) is 8.55. The molecule has 0 saturated carbocycles. The average Bonchev–Trinajstić information content (AvgIpc) is 2.39. The van der Waals surface area contributed by atoms with Crippen LogP contribution in [0.1, 0.15) is 18.9 Å². The second-order valence-corrected chi connectivity index (χ2v) is 4.69. The third kappa shape index (κ3) is 2.30. The molecule has 1 unspecified atom stereocenters. The number of benzene rings is 1. The largest absolute Gasteiger partial charge is 0.497 e. The summed E-state index contributed by atoms with van der Waals surface area (Å²) in [6, 6.07) is 9.79. The molecule has 0 heterocycles. The molecule has 1 aliphatic rings. The van der Waals surface area contributed by atoms with Crippen molar-refractivity contribution in [2.45, 2.75) is 13.3 Å². The Morgan fingerprint density at radius 2 is 2.00 bits per heavy atom. The van der Waals surface area contributed by atoms with Crippen molar-refractivity contribution in [3.05, 3.63) is 53.8 Å². The van der Waals surface area contributed by atoms with Gasteiger partial charge in [0.05, 0.1) is 12.5 Å². The summed E-state index contributed by atoms with van der Waals surface area (Å²) in [5.41, 5.74) is 1.11. The number of carbonyl (C=O) groups is 1. The monoisotopic (exact) mass is 244 g/mol. The lowest BCUT2D eigenvalue weighted by Crippen LogP contribution is -2.28. The highest BCUT2D eigenvalue weighted by Gasteiger charge is 2.35. The summed E-state index contributed by atoms with van der Waals surface area (Å²) in [6.45, 7) is 1.71. The van der Waals surface area contributed by atoms with Gasteiger partial charge in [0.25, 0.3) is 0 Å². The molecule has 1 atom stereocenters. The van der Waals surface area contributed by atoms with E-state index in [1.807, 2.05) is 36.4 Å². The molecule has 0 radical (unpaired) electrons. The van der Waals surface area contributed by atoms with Gasteiger partial charge < -0.3 is 9.84 Å². The molecule has 0 saturated heterocycles. The second kappa shape index (κ2) is 4.69. The average molecular weight is 244 g/mol. The fraction of sp³-hybridized carbons (Fsp3) is 0.267. The maximum absolute atomic E-state index is 11.4. The summed E-state index contributed by atoms with van der Waals surface area (Å²) in [6.07, 6.45) is 4.04. The normalized spacial score (nSPS) is 23.0. The molecule has 0 bridgehead atoms. The number of hydrogen-bond donors (Lipinski definition) is 1. The van der Waals surface area contributed by atoms with Crippen LogP contribution in [0, 0.1) is 5.41 Å². The molecule has 18 heavy (non-hydrogen) atoms. The minimum Gasteiger partial charge on any atom is -0.497 e. The van der Waals surface area contributed by atoms with Crippen molar-refractivity contribution in [3.63, 3.8) is 0 Å². The SMILES string of the molecule is COC1=CC(C)(C(=O)O)CC(c2ccccc2)=C1. The predicted molar refractivity (Wildman–Crippen MR) is 69.9 cm³/mol. The van der Waals surface area contributed by atoms with Gasteiger partial charge in [0.1, 0.15) is 5.76 Å². The van der Waals surface area contributed by atoms with Gasteiger partial charge in [-0.05, 0) is 36.6 Å². The number of carboxylic acid groups (broad SMARTS) is 1. The number of allylic oxidation sites excluding steroid dienone is 2. The van der Waals surface area contributed by atoms with Gasteiger partial charge in [0.2, 0.25) is 0 Å². The van der Waals surface area contributed by atoms with Crippen LogP contribution in [-0.4, -0.2) is 18.2 Å². The Hall–Kier alpha value is -2.03. The highest BCUT2D eigenvalue weighted by Crippen LogP contribution is 2.38. The molecule has 2 rings (SSSR count). The third-order valence-electron chi connectivity index (χ3n) is 3.20. The van der Waals surface area contributed by atoms with Gasteiger partial charge in [0.15, 0.2) is 0 Å². The molecule has 3 nitrogen and oxygen atoms in total. The topological polar surface area (TPSA) is 46.5 Å². The van der Waals surface area contributed by atoms with Crippen molar-refractivity contribution >= 4 is 11.5 Å². The lowest BCUT2D eigenvalue weighted by molar-refractivity contribution is -0.145. The molecular formula is C15H16O3. The zero-order valence-electron chi connectivity index (χ0n) is 10.5. The van der Waals surface area contributed by atoms with E-state index in [4.69, 9.17) is 4.74 Å². The summed E-state index contributed by atoms with van der Waals surface area (Å²) in [5.74, 6) is -0.233. The van der Waals surface area contributed by atoms with E-state index < -0.39 is 11.4 Å². The van der Waals surface area contributed by atoms with E-state index in [0.717, 1.165) is 11.1 Å². The van der Waals surface area contributed by atoms with E-state index in [1.54, 1.807) is 20.1 Å². The quantitative estimate of drug-likeness (QED) is 0.888. The Bertz CT molecular complexity index is 514. The first-order valence-corrected chi connectivity index (χ1v) is 5.81. The molecule has 0 aliphatic heterocycles. The van der Waals surface area contributed by atoms with Crippen LogP contribution in [0.25, 0.3) is 5.57 Å². The second-order valence-electron chi connectivity index (χ2n) is 4.69. The number of methoxy groups -OCH3 is 1. The molecule has 3 heteroatoms. The van der Waals surface area contributed by atoms with Gasteiger partial charge >= 0.3 is 5.97 Å². The smallest absolute Gasteiger partial charge is 0.313 e. The van der Waals surface area contributed by atoms with Gasteiger partial charge in [-0.3, -0.25) is 4.79 Å². The summed E-state index contributed by atoms with van der Waals surface area (Å²) in [7, 11) is 1.55. The number of hydrogen-bond acceptors (Lipinski definition) is 2. The highest BCUT2D eigenvalue weighted by atomic mass is 16.5. The van der Waals surface area contributed by atoms with Crippen LogP contribution in [0.2, 0.25) is 0 Å². The Labute approximate surface area is 106 Å². The van der Waals surface area contributed by atoms with Crippen LogP contribution in [0.5, 0.6) is 0 Å². The van der Waals surface area contributed by atoms with Crippen molar-refractivity contribution in [3.8, 4) is 0 Å². The van der Waals surface area contributed by atoms with Crippen molar-refractivity contribution in [1.82, 2.24) is 0 Å². The first-order valence-electron chi connectivity index (χ1n) is 5.81. The molecule has 1 N–H and O–H groups in total. The summed E-state index contributed by atoms with van der Waals surface area (Å²) >= 11 is 0. The van der Waals surface area contributed by atoms with Crippen LogP contribution in [0.3, 0.4) is 0 Å². The molecule has 1 aromatic rings. The van der Waals surface area contributed by atoms with E-state index in [2.05, 4.69) is 0 Å². The third-order valence-corrected chi connectivity index (χ3v) is 3.20. The lowest BCUT2D eigenvalue weighted by Gasteiger charge is -2.27. The zero-order valence-corrected chi connectivity index (χ0v) is 10.5. The molecule has 0 spiro atoms. The molecule has 1 aromatic carbocycles. The maximum Gasteiger partial charge on any atom is 0.313 e. The fourth-order valence-electron chi connectivity index (χ4n) is 2.12. The van der Waals surface area contributed by atoms with E-state index in [-0.39, 0.29) is 0 Å². The number of aliphatic carboxylic acids is 1. The lowest BCUT2D eigenvalue weighted by atomic mass is 9.78. The van der Waals surface area contributed by atoms with E-state index >= 15 is 0 Å². The molecule has 0 amide bonds. The molecule has 0 fully saturated rings. The van der Waals surface area contributed by atoms with E-state index in [0.29, 0.717) is 12.2 Å². The van der Waals surface area contributed by atoms with Gasteiger partial charge in [-0.25, -0.2) is 0 Å². The molecule has 1 aliphatic carbocycles.